The Labute approximate surface area is 140 Å². The Balaban J connectivity index is 1.91. The minimum Gasteiger partial charge on any atom is -0.455 e. The van der Waals surface area contributed by atoms with Crippen LogP contribution in [0, 0.1) is 0 Å². The zero-order chi connectivity index (χ0) is 16.2. The molecule has 22 heavy (non-hydrogen) atoms. The Bertz CT molecular complexity index is 505. The van der Waals surface area contributed by atoms with E-state index < -0.39 is 5.60 Å². The van der Waals surface area contributed by atoms with Crippen LogP contribution in [0.4, 0.5) is 0 Å². The molecule has 0 aromatic carbocycles. The highest BCUT2D eigenvalue weighted by Crippen LogP contribution is 2.23. The van der Waals surface area contributed by atoms with Crippen molar-refractivity contribution in [1.82, 2.24) is 15.1 Å². The van der Waals surface area contributed by atoms with E-state index in [2.05, 4.69) is 10.4 Å². The predicted molar refractivity (Wildman–Crippen MR) is 93.7 cm³/mol. The summed E-state index contributed by atoms with van der Waals surface area (Å²) in [5.74, 6) is 3.33. The molecule has 1 fully saturated rings. The fraction of sp³-hybridized carbons (Fsp3) is 0.733. The maximum absolute atomic E-state index is 12.2. The van der Waals surface area contributed by atoms with Crippen LogP contribution in [0.15, 0.2) is 6.20 Å². The molecule has 1 aromatic rings. The number of nitrogens with one attached hydrogen (secondary N) is 1. The van der Waals surface area contributed by atoms with Gasteiger partial charge in [0.2, 0.25) is 0 Å². The number of ether oxygens (including phenoxy) is 1. The summed E-state index contributed by atoms with van der Waals surface area (Å²) in [5.41, 5.74) is 0.802. The van der Waals surface area contributed by atoms with Crippen molar-refractivity contribution in [2.75, 3.05) is 23.8 Å². The highest BCUT2D eigenvalue weighted by molar-refractivity contribution is 8.06. The zero-order valence-electron chi connectivity index (χ0n) is 13.7. The van der Waals surface area contributed by atoms with Crippen molar-refractivity contribution < 1.29 is 9.53 Å². The summed E-state index contributed by atoms with van der Waals surface area (Å²) >= 11 is 4.04. The van der Waals surface area contributed by atoms with Crippen molar-refractivity contribution in [2.24, 2.45) is 7.05 Å². The average Bonchev–Trinajstić information content (AvgIpc) is 2.79. The van der Waals surface area contributed by atoms with E-state index >= 15 is 0 Å². The first-order valence-electron chi connectivity index (χ1n) is 7.51. The first-order valence-corrected chi connectivity index (χ1v) is 9.71. The molecule has 0 radical (unpaired) electrons. The molecule has 1 atom stereocenters. The molecule has 0 bridgehead atoms. The van der Waals surface area contributed by atoms with Crippen molar-refractivity contribution in [1.29, 1.82) is 0 Å². The minimum atomic E-state index is -0.505. The minimum absolute atomic E-state index is 0.354. The first kappa shape index (κ1) is 17.7. The lowest BCUT2D eigenvalue weighted by Crippen LogP contribution is -2.29. The van der Waals surface area contributed by atoms with Gasteiger partial charge >= 0.3 is 5.97 Å². The number of nitrogens with zero attached hydrogens (tertiary/aromatic N) is 2. The zero-order valence-corrected chi connectivity index (χ0v) is 15.4. The molecule has 1 aromatic heterocycles. The molecule has 1 N–H and O–H groups in total. The molecule has 1 saturated heterocycles. The van der Waals surface area contributed by atoms with Gasteiger partial charge in [-0.25, -0.2) is 4.79 Å². The SMILES string of the molecule is Cn1cc(CNCC2CSCCS2)c(C(=O)OC(C)(C)C)n1. The third kappa shape index (κ3) is 5.52. The molecule has 2 rings (SSSR count). The summed E-state index contributed by atoms with van der Waals surface area (Å²) in [6.45, 7) is 7.20. The van der Waals surface area contributed by atoms with Gasteiger partial charge in [-0.15, -0.1) is 0 Å². The second kappa shape index (κ2) is 7.75. The second-order valence-electron chi connectivity index (χ2n) is 6.38. The third-order valence-electron chi connectivity index (χ3n) is 3.07. The molecule has 1 aliphatic heterocycles. The van der Waals surface area contributed by atoms with Crippen LogP contribution in [0.1, 0.15) is 36.8 Å². The number of esters is 1. The standard InChI is InChI=1S/C15H25N3O2S2/c1-15(2,3)20-14(19)13-11(9-18(4)17-13)7-16-8-12-10-21-5-6-22-12/h9,12,16H,5-8,10H2,1-4H3. The number of aryl methyl sites for hydroxylation is 1. The first-order chi connectivity index (χ1) is 10.3. The monoisotopic (exact) mass is 343 g/mol. The Morgan fingerprint density at radius 2 is 2.27 bits per heavy atom. The molecule has 0 amide bonds. The summed E-state index contributed by atoms with van der Waals surface area (Å²) in [4.78, 5) is 12.2. The molecule has 2 heterocycles. The molecule has 1 aliphatic rings. The molecule has 124 valence electrons. The van der Waals surface area contributed by atoms with Crippen LogP contribution < -0.4 is 5.32 Å². The number of rotatable bonds is 5. The largest absolute Gasteiger partial charge is 0.455 e. The van der Waals surface area contributed by atoms with Crippen molar-refractivity contribution in [3.8, 4) is 0 Å². The van der Waals surface area contributed by atoms with Crippen LogP contribution in [0.2, 0.25) is 0 Å². The van der Waals surface area contributed by atoms with Gasteiger partial charge in [-0.1, -0.05) is 0 Å². The number of aromatic nitrogens is 2. The second-order valence-corrected chi connectivity index (χ2v) is 8.94. The topological polar surface area (TPSA) is 56.2 Å². The molecule has 0 spiro atoms. The van der Waals surface area contributed by atoms with Crippen LogP contribution in [0.3, 0.4) is 0 Å². The molecule has 7 heteroatoms. The maximum Gasteiger partial charge on any atom is 0.359 e. The average molecular weight is 344 g/mol. The van der Waals surface area contributed by atoms with Crippen LogP contribution in [-0.4, -0.2) is 50.4 Å². The lowest BCUT2D eigenvalue weighted by molar-refractivity contribution is 0.00607. The molecule has 0 saturated carbocycles. The summed E-state index contributed by atoms with van der Waals surface area (Å²) < 4.78 is 7.09. The van der Waals surface area contributed by atoms with Gasteiger partial charge in [-0.3, -0.25) is 4.68 Å². The van der Waals surface area contributed by atoms with E-state index in [0.717, 1.165) is 12.1 Å². The van der Waals surface area contributed by atoms with Crippen molar-refractivity contribution in [3.63, 3.8) is 0 Å². The predicted octanol–water partition coefficient (Wildman–Crippen LogP) is 2.31. The van der Waals surface area contributed by atoms with Gasteiger partial charge in [0.25, 0.3) is 0 Å². The fourth-order valence-electron chi connectivity index (χ4n) is 2.19. The lowest BCUT2D eigenvalue weighted by atomic mass is 10.2. The number of hydrogen-bond acceptors (Lipinski definition) is 6. The highest BCUT2D eigenvalue weighted by Gasteiger charge is 2.23. The normalized spacial score (nSPS) is 19.2. The van der Waals surface area contributed by atoms with E-state index in [1.165, 1.54) is 17.3 Å². The van der Waals surface area contributed by atoms with E-state index in [4.69, 9.17) is 4.74 Å². The summed E-state index contributed by atoms with van der Waals surface area (Å²) in [6.07, 6.45) is 1.88. The fourth-order valence-corrected chi connectivity index (χ4v) is 4.83. The van der Waals surface area contributed by atoms with E-state index in [1.807, 2.05) is 57.5 Å². The van der Waals surface area contributed by atoms with Crippen molar-refractivity contribution in [2.45, 2.75) is 38.2 Å². The third-order valence-corrected chi connectivity index (χ3v) is 5.91. The van der Waals surface area contributed by atoms with E-state index in [1.54, 1.807) is 4.68 Å². The van der Waals surface area contributed by atoms with Crippen LogP contribution in [0.25, 0.3) is 0 Å². The lowest BCUT2D eigenvalue weighted by Gasteiger charge is -2.21. The van der Waals surface area contributed by atoms with Crippen molar-refractivity contribution >= 4 is 29.5 Å². The smallest absolute Gasteiger partial charge is 0.359 e. The summed E-state index contributed by atoms with van der Waals surface area (Å²) in [7, 11) is 1.82. The van der Waals surface area contributed by atoms with E-state index in [0.29, 0.717) is 17.5 Å². The molecular formula is C15H25N3O2S2. The van der Waals surface area contributed by atoms with Gasteiger partial charge in [0.1, 0.15) is 5.60 Å². The van der Waals surface area contributed by atoms with Crippen LogP contribution in [0.5, 0.6) is 0 Å². The van der Waals surface area contributed by atoms with Crippen molar-refractivity contribution in [3.05, 3.63) is 17.5 Å². The number of hydrogen-bond donors (Lipinski definition) is 1. The van der Waals surface area contributed by atoms with Gasteiger partial charge in [0.05, 0.1) is 0 Å². The van der Waals surface area contributed by atoms with E-state index in [9.17, 15) is 4.79 Å². The van der Waals surface area contributed by atoms with Gasteiger partial charge in [0.15, 0.2) is 5.69 Å². The number of carbonyl (C=O) groups is 1. The molecule has 1 unspecified atom stereocenters. The molecule has 0 aliphatic carbocycles. The number of carbonyl (C=O) groups excluding carboxylic acids is 1. The van der Waals surface area contributed by atoms with Gasteiger partial charge in [-0.2, -0.15) is 28.6 Å². The number of thioether (sulfide) groups is 2. The summed E-state index contributed by atoms with van der Waals surface area (Å²) in [6, 6.07) is 0. The van der Waals surface area contributed by atoms with E-state index in [-0.39, 0.29) is 5.97 Å². The highest BCUT2D eigenvalue weighted by atomic mass is 32.2. The van der Waals surface area contributed by atoms with Gasteiger partial charge in [0, 0.05) is 54.4 Å². The Hall–Kier alpha value is -0.660. The van der Waals surface area contributed by atoms with Crippen LogP contribution in [-0.2, 0) is 18.3 Å². The maximum atomic E-state index is 12.2. The van der Waals surface area contributed by atoms with Gasteiger partial charge < -0.3 is 10.1 Å². The Morgan fingerprint density at radius 1 is 1.50 bits per heavy atom. The van der Waals surface area contributed by atoms with Gasteiger partial charge in [-0.05, 0) is 20.8 Å². The van der Waals surface area contributed by atoms with Crippen LogP contribution >= 0.6 is 23.5 Å². The molecule has 5 nitrogen and oxygen atoms in total. The molecular weight excluding hydrogens is 318 g/mol. The summed E-state index contributed by atoms with van der Waals surface area (Å²) in [5, 5.41) is 8.35. The Kier molecular flexibility index (Phi) is 6.23. The Morgan fingerprint density at radius 3 is 2.91 bits per heavy atom. The quantitative estimate of drug-likeness (QED) is 0.828.